The molecule has 1 aliphatic rings. The molecule has 0 bridgehead atoms. The Hall–Kier alpha value is -4.18. The molecule has 1 unspecified atom stereocenters. The van der Waals surface area contributed by atoms with Crippen molar-refractivity contribution < 1.29 is 34.2 Å². The maximum absolute atomic E-state index is 13.4. The van der Waals surface area contributed by atoms with Gasteiger partial charge < -0.3 is 20.8 Å². The van der Waals surface area contributed by atoms with Crippen molar-refractivity contribution in [2.75, 3.05) is 0 Å². The lowest BCUT2D eigenvalue weighted by atomic mass is 9.90. The Labute approximate surface area is 221 Å². The predicted molar refractivity (Wildman–Crippen MR) is 139 cm³/mol. The molecule has 38 heavy (non-hydrogen) atoms. The Morgan fingerprint density at radius 2 is 1.53 bits per heavy atom. The normalized spacial score (nSPS) is 18.1. The molecule has 0 aromatic heterocycles. The van der Waals surface area contributed by atoms with Crippen molar-refractivity contribution in [3.63, 3.8) is 0 Å². The van der Waals surface area contributed by atoms with E-state index in [1.807, 2.05) is 50.2 Å². The Bertz CT molecular complexity index is 1170. The van der Waals surface area contributed by atoms with Gasteiger partial charge in [-0.15, -0.1) is 0 Å². The zero-order valence-corrected chi connectivity index (χ0v) is 21.3. The summed E-state index contributed by atoms with van der Waals surface area (Å²) in [5.41, 5.74) is 3.32. The number of hydrogen-bond acceptors (Lipinski definition) is 6. The van der Waals surface area contributed by atoms with Crippen LogP contribution in [0.5, 0.6) is 0 Å². The van der Waals surface area contributed by atoms with Crippen LogP contribution in [-0.2, 0) is 36.9 Å². The molecule has 1 heterocycles. The number of carbonyl (C=O) groups excluding carboxylic acids is 2. The second-order valence-electron chi connectivity index (χ2n) is 9.59. The van der Waals surface area contributed by atoms with Crippen LogP contribution in [0.1, 0.15) is 37.8 Å². The highest BCUT2D eigenvalue weighted by Crippen LogP contribution is 2.29. The van der Waals surface area contributed by atoms with Gasteiger partial charge in [0.15, 0.2) is 5.60 Å². The molecule has 202 valence electrons. The van der Waals surface area contributed by atoms with Crippen LogP contribution in [0.3, 0.4) is 0 Å². The van der Waals surface area contributed by atoms with E-state index in [2.05, 4.69) is 16.1 Å². The van der Waals surface area contributed by atoms with Crippen LogP contribution >= 0.6 is 0 Å². The number of carboxylic acid groups (broad SMARTS) is 2. The van der Waals surface area contributed by atoms with Gasteiger partial charge in [-0.3, -0.25) is 24.7 Å². The summed E-state index contributed by atoms with van der Waals surface area (Å²) in [6.45, 7) is 3.82. The van der Waals surface area contributed by atoms with E-state index in [4.69, 9.17) is 9.94 Å². The quantitative estimate of drug-likeness (QED) is 0.268. The molecule has 5 N–H and O–H groups in total. The Balaban J connectivity index is 1.84. The molecule has 1 aliphatic heterocycles. The molecule has 10 heteroatoms. The molecule has 0 spiro atoms. The average molecular weight is 524 g/mol. The number of hydroxylamine groups is 1. The summed E-state index contributed by atoms with van der Waals surface area (Å²) < 4.78 is 0. The van der Waals surface area contributed by atoms with Gasteiger partial charge >= 0.3 is 11.9 Å². The summed E-state index contributed by atoms with van der Waals surface area (Å²) in [5, 5.41) is 23.8. The maximum Gasteiger partial charge on any atom is 0.326 e. The molecule has 0 saturated carbocycles. The lowest BCUT2D eigenvalue weighted by Crippen LogP contribution is -2.54. The summed E-state index contributed by atoms with van der Waals surface area (Å²) in [5.74, 6) is -3.90. The topological polar surface area (TPSA) is 154 Å². The maximum atomic E-state index is 13.4. The molecule has 0 saturated heterocycles. The van der Waals surface area contributed by atoms with Gasteiger partial charge in [0.05, 0.1) is 18.2 Å². The number of nitrogens with one attached hydrogen (secondary N) is 3. The van der Waals surface area contributed by atoms with E-state index in [0.29, 0.717) is 12.1 Å². The molecule has 0 fully saturated rings. The molecule has 2 aromatic carbocycles. The van der Waals surface area contributed by atoms with Crippen LogP contribution in [0.2, 0.25) is 0 Å². The van der Waals surface area contributed by atoms with Crippen molar-refractivity contribution in [1.29, 1.82) is 0 Å². The summed E-state index contributed by atoms with van der Waals surface area (Å²) in [6, 6.07) is 16.5. The van der Waals surface area contributed by atoms with E-state index in [0.717, 1.165) is 11.1 Å². The Morgan fingerprint density at radius 1 is 0.921 bits per heavy atom. The minimum Gasteiger partial charge on any atom is -0.481 e. The number of amides is 2. The van der Waals surface area contributed by atoms with Gasteiger partial charge in [0.2, 0.25) is 5.91 Å². The average Bonchev–Trinajstić information content (AvgIpc) is 3.31. The van der Waals surface area contributed by atoms with Crippen LogP contribution in [0.25, 0.3) is 0 Å². The smallest absolute Gasteiger partial charge is 0.326 e. The highest BCUT2D eigenvalue weighted by Gasteiger charge is 2.46. The van der Waals surface area contributed by atoms with Gasteiger partial charge in [0.1, 0.15) is 6.04 Å². The molecule has 3 atom stereocenters. The first-order chi connectivity index (χ1) is 18.1. The zero-order valence-electron chi connectivity index (χ0n) is 21.3. The van der Waals surface area contributed by atoms with Crippen LogP contribution in [0, 0.1) is 5.92 Å². The molecule has 0 aliphatic carbocycles. The number of carboxylic acids is 2. The first-order valence-electron chi connectivity index (χ1n) is 12.4. The second kappa shape index (κ2) is 12.9. The van der Waals surface area contributed by atoms with Gasteiger partial charge in [0.25, 0.3) is 5.91 Å². The van der Waals surface area contributed by atoms with E-state index in [-0.39, 0.29) is 24.7 Å². The van der Waals surface area contributed by atoms with Crippen LogP contribution in [0.4, 0.5) is 0 Å². The highest BCUT2D eigenvalue weighted by atomic mass is 16.7. The predicted octanol–water partition coefficient (Wildman–Crippen LogP) is 2.20. The SMILES string of the molecule is CC(C)[C@H](NC(=O)CCc1ccccc1)C1=CC(Cc2ccccc2)(C(=O)N[C@@H](CC(=O)O)C(=O)O)ON1. The summed E-state index contributed by atoms with van der Waals surface area (Å²) in [7, 11) is 0. The largest absolute Gasteiger partial charge is 0.481 e. The minimum absolute atomic E-state index is 0.0440. The van der Waals surface area contributed by atoms with Crippen LogP contribution < -0.4 is 16.1 Å². The highest BCUT2D eigenvalue weighted by molar-refractivity contribution is 5.93. The van der Waals surface area contributed by atoms with E-state index in [1.165, 1.54) is 6.08 Å². The fourth-order valence-corrected chi connectivity index (χ4v) is 4.20. The van der Waals surface area contributed by atoms with Gasteiger partial charge in [-0.05, 0) is 29.5 Å². The van der Waals surface area contributed by atoms with Gasteiger partial charge in [-0.2, -0.15) is 0 Å². The third kappa shape index (κ3) is 7.66. The van der Waals surface area contributed by atoms with Crippen molar-refractivity contribution in [1.82, 2.24) is 16.1 Å². The number of hydrogen-bond donors (Lipinski definition) is 5. The number of aryl methyl sites for hydroxylation is 1. The summed E-state index contributed by atoms with van der Waals surface area (Å²) in [6.07, 6.45) is 1.63. The first kappa shape index (κ1) is 28.4. The molecular formula is C28H33N3O7. The van der Waals surface area contributed by atoms with Crippen molar-refractivity contribution in [3.8, 4) is 0 Å². The molecule has 3 rings (SSSR count). The number of benzene rings is 2. The van der Waals surface area contributed by atoms with Gasteiger partial charge in [-0.25, -0.2) is 4.79 Å². The first-order valence-corrected chi connectivity index (χ1v) is 12.4. The fourth-order valence-electron chi connectivity index (χ4n) is 4.20. The molecule has 2 aromatic rings. The molecular weight excluding hydrogens is 490 g/mol. The van der Waals surface area contributed by atoms with Gasteiger partial charge in [0, 0.05) is 12.8 Å². The van der Waals surface area contributed by atoms with Crippen molar-refractivity contribution in [2.45, 2.75) is 57.2 Å². The molecule has 0 radical (unpaired) electrons. The van der Waals surface area contributed by atoms with E-state index in [1.54, 1.807) is 24.3 Å². The molecule has 10 nitrogen and oxygen atoms in total. The van der Waals surface area contributed by atoms with Crippen molar-refractivity contribution in [3.05, 3.63) is 83.6 Å². The lowest BCUT2D eigenvalue weighted by Gasteiger charge is -2.26. The number of aliphatic carboxylic acids is 2. The number of carbonyl (C=O) groups is 4. The lowest BCUT2D eigenvalue weighted by molar-refractivity contribution is -0.152. The standard InChI is InChI=1S/C28H33N3O7/c1-18(2)25(30-23(32)14-13-19-9-5-3-6-10-19)22-17-28(38-31-22,16-20-11-7-4-8-12-20)27(37)29-21(26(35)36)15-24(33)34/h3-12,17-18,21,25,31H,13-16H2,1-2H3,(H,29,37)(H,30,32)(H,33,34)(H,35,36)/t21-,25-,28?/m0/s1. The van der Waals surface area contributed by atoms with E-state index < -0.39 is 42.0 Å². The Morgan fingerprint density at radius 3 is 2.08 bits per heavy atom. The Kier molecular flexibility index (Phi) is 9.61. The zero-order chi connectivity index (χ0) is 27.7. The molecule has 2 amide bonds. The van der Waals surface area contributed by atoms with Crippen LogP contribution in [-0.4, -0.2) is 51.7 Å². The van der Waals surface area contributed by atoms with Gasteiger partial charge in [-0.1, -0.05) is 74.5 Å². The fraction of sp³-hybridized carbons (Fsp3) is 0.357. The summed E-state index contributed by atoms with van der Waals surface area (Å²) in [4.78, 5) is 54.8. The number of rotatable bonds is 13. The van der Waals surface area contributed by atoms with Crippen molar-refractivity contribution in [2.24, 2.45) is 5.92 Å². The van der Waals surface area contributed by atoms with E-state index in [9.17, 15) is 24.3 Å². The minimum atomic E-state index is -1.68. The summed E-state index contributed by atoms with van der Waals surface area (Å²) >= 11 is 0. The van der Waals surface area contributed by atoms with E-state index >= 15 is 0 Å². The van der Waals surface area contributed by atoms with Crippen LogP contribution in [0.15, 0.2) is 72.4 Å². The second-order valence-corrected chi connectivity index (χ2v) is 9.59. The third-order valence-corrected chi connectivity index (χ3v) is 6.22. The third-order valence-electron chi connectivity index (χ3n) is 6.22. The van der Waals surface area contributed by atoms with Crippen molar-refractivity contribution >= 4 is 23.8 Å². The monoisotopic (exact) mass is 523 g/mol.